The molecule has 1 atom stereocenters. The molecule has 0 radical (unpaired) electrons. The highest BCUT2D eigenvalue weighted by Gasteiger charge is 2.42. The van der Waals surface area contributed by atoms with Crippen LogP contribution in [0.4, 0.5) is 19.0 Å². The van der Waals surface area contributed by atoms with Gasteiger partial charge in [-0.1, -0.05) is 0 Å². The second kappa shape index (κ2) is 5.61. The lowest BCUT2D eigenvalue weighted by Gasteiger charge is -2.34. The molecule has 4 rings (SSSR count). The van der Waals surface area contributed by atoms with Gasteiger partial charge in [0.25, 0.3) is 0 Å². The second-order valence-electron chi connectivity index (χ2n) is 6.42. The fourth-order valence-electron chi connectivity index (χ4n) is 3.75. The molecule has 2 aromatic heterocycles. The Labute approximate surface area is 136 Å². The zero-order chi connectivity index (χ0) is 16.0. The predicted molar refractivity (Wildman–Crippen MR) is 85.0 cm³/mol. The molecule has 124 valence electrons. The topological polar surface area (TPSA) is 29.0 Å². The lowest BCUT2D eigenvalue weighted by atomic mass is 9.95. The van der Waals surface area contributed by atoms with Crippen molar-refractivity contribution in [3.05, 3.63) is 16.8 Å². The maximum atomic E-state index is 13.1. The van der Waals surface area contributed by atoms with Crippen LogP contribution in [-0.4, -0.2) is 29.2 Å². The minimum atomic E-state index is -4.13. The summed E-state index contributed by atoms with van der Waals surface area (Å²) in [4.78, 5) is 12.8. The van der Waals surface area contributed by atoms with Crippen LogP contribution in [0.3, 0.4) is 0 Å². The average Bonchev–Trinajstić information content (AvgIpc) is 2.93. The van der Waals surface area contributed by atoms with Gasteiger partial charge in [-0.2, -0.15) is 13.2 Å². The van der Waals surface area contributed by atoms with E-state index >= 15 is 0 Å². The Kier molecular flexibility index (Phi) is 3.70. The molecule has 0 bridgehead atoms. The molecule has 0 spiro atoms. The molecule has 1 saturated heterocycles. The number of fused-ring (bicyclic) bond motifs is 3. The van der Waals surface area contributed by atoms with Crippen LogP contribution in [0.1, 0.15) is 36.1 Å². The summed E-state index contributed by atoms with van der Waals surface area (Å²) in [6.07, 6.45) is 2.52. The minimum absolute atomic E-state index is 0.0141. The van der Waals surface area contributed by atoms with E-state index in [1.807, 2.05) is 4.90 Å². The molecule has 0 amide bonds. The van der Waals surface area contributed by atoms with Crippen molar-refractivity contribution in [1.82, 2.24) is 9.97 Å². The van der Waals surface area contributed by atoms with Crippen molar-refractivity contribution in [2.75, 3.05) is 18.0 Å². The first-order valence-corrected chi connectivity index (χ1v) is 8.92. The van der Waals surface area contributed by atoms with Crippen LogP contribution in [-0.2, 0) is 12.8 Å². The summed E-state index contributed by atoms with van der Waals surface area (Å²) in [7, 11) is 0. The summed E-state index contributed by atoms with van der Waals surface area (Å²) in [5.74, 6) is -0.543. The summed E-state index contributed by atoms with van der Waals surface area (Å²) in [6, 6.07) is 0. The third-order valence-electron chi connectivity index (χ3n) is 4.92. The number of anilines is 1. The quantitative estimate of drug-likeness (QED) is 0.772. The summed E-state index contributed by atoms with van der Waals surface area (Å²) >= 11 is 1.68. The van der Waals surface area contributed by atoms with Crippen LogP contribution in [0.15, 0.2) is 6.33 Å². The van der Waals surface area contributed by atoms with Crippen LogP contribution < -0.4 is 4.90 Å². The summed E-state index contributed by atoms with van der Waals surface area (Å²) in [5.41, 5.74) is 1.28. The Hall–Kier alpha value is -1.37. The van der Waals surface area contributed by atoms with Gasteiger partial charge in [-0.25, -0.2) is 9.97 Å². The first-order valence-electron chi connectivity index (χ1n) is 8.11. The highest BCUT2D eigenvalue weighted by molar-refractivity contribution is 7.19. The van der Waals surface area contributed by atoms with Crippen molar-refractivity contribution < 1.29 is 13.2 Å². The molecular weight excluding hydrogens is 323 g/mol. The molecule has 1 aliphatic carbocycles. The van der Waals surface area contributed by atoms with Crippen molar-refractivity contribution in [3.63, 3.8) is 0 Å². The van der Waals surface area contributed by atoms with E-state index in [1.54, 1.807) is 11.3 Å². The summed E-state index contributed by atoms with van der Waals surface area (Å²) in [6.45, 7) is 0.656. The van der Waals surface area contributed by atoms with Crippen molar-refractivity contribution in [2.24, 2.45) is 5.92 Å². The van der Waals surface area contributed by atoms with Crippen molar-refractivity contribution >= 4 is 27.4 Å². The highest BCUT2D eigenvalue weighted by atomic mass is 32.1. The van der Waals surface area contributed by atoms with Gasteiger partial charge in [0.2, 0.25) is 0 Å². The summed E-state index contributed by atoms with van der Waals surface area (Å²) in [5, 5.41) is 1.01. The predicted octanol–water partition coefficient (Wildman–Crippen LogP) is 4.35. The number of thiophene rings is 1. The number of aryl methyl sites for hydroxylation is 2. The standard InChI is InChI=1S/C16H18F3N3S/c17-16(18,19)10-4-3-7-22(8-10)14-13-11-5-1-2-6-12(11)23-15(13)21-9-20-14/h9-10H,1-8H2/t10-/m1/s1. The van der Waals surface area contributed by atoms with E-state index in [0.717, 1.165) is 29.5 Å². The van der Waals surface area contributed by atoms with E-state index in [0.29, 0.717) is 18.8 Å². The normalized spacial score (nSPS) is 22.4. The first kappa shape index (κ1) is 15.2. The van der Waals surface area contributed by atoms with Crippen molar-refractivity contribution in [2.45, 2.75) is 44.7 Å². The Morgan fingerprint density at radius 3 is 2.78 bits per heavy atom. The number of piperidine rings is 1. The fourth-order valence-corrected chi connectivity index (χ4v) is 4.97. The second-order valence-corrected chi connectivity index (χ2v) is 7.50. The minimum Gasteiger partial charge on any atom is -0.355 e. The summed E-state index contributed by atoms with van der Waals surface area (Å²) < 4.78 is 39.3. The number of halogens is 3. The number of hydrogen-bond acceptors (Lipinski definition) is 4. The van der Waals surface area contributed by atoms with Crippen molar-refractivity contribution in [1.29, 1.82) is 0 Å². The molecule has 7 heteroatoms. The molecule has 0 saturated carbocycles. The molecule has 0 aromatic carbocycles. The van der Waals surface area contributed by atoms with Gasteiger partial charge >= 0.3 is 6.18 Å². The number of aromatic nitrogens is 2. The maximum absolute atomic E-state index is 13.1. The Morgan fingerprint density at radius 2 is 1.96 bits per heavy atom. The van der Waals surface area contributed by atoms with E-state index in [-0.39, 0.29) is 13.0 Å². The van der Waals surface area contributed by atoms with E-state index in [2.05, 4.69) is 9.97 Å². The van der Waals surface area contributed by atoms with Gasteiger partial charge in [-0.15, -0.1) is 11.3 Å². The first-order chi connectivity index (χ1) is 11.0. The van der Waals surface area contributed by atoms with Crippen molar-refractivity contribution in [3.8, 4) is 0 Å². The smallest absolute Gasteiger partial charge is 0.355 e. The van der Waals surface area contributed by atoms with Crippen LogP contribution >= 0.6 is 11.3 Å². The number of alkyl halides is 3. The number of rotatable bonds is 1. The van der Waals surface area contributed by atoms with Gasteiger partial charge in [0.1, 0.15) is 17.0 Å². The Bertz CT molecular complexity index is 725. The zero-order valence-corrected chi connectivity index (χ0v) is 13.5. The maximum Gasteiger partial charge on any atom is 0.393 e. The largest absolute Gasteiger partial charge is 0.393 e. The van der Waals surface area contributed by atoms with Gasteiger partial charge in [-0.05, 0) is 44.1 Å². The van der Waals surface area contributed by atoms with Crippen LogP contribution in [0.2, 0.25) is 0 Å². The van der Waals surface area contributed by atoms with Gasteiger partial charge < -0.3 is 4.90 Å². The third kappa shape index (κ3) is 2.69. The van der Waals surface area contributed by atoms with Gasteiger partial charge in [0, 0.05) is 18.0 Å². The van der Waals surface area contributed by atoms with Gasteiger partial charge in [0.05, 0.1) is 11.3 Å². The van der Waals surface area contributed by atoms with Crippen LogP contribution in [0.25, 0.3) is 10.2 Å². The molecule has 0 unspecified atom stereocenters. The average molecular weight is 341 g/mol. The molecule has 23 heavy (non-hydrogen) atoms. The van der Waals surface area contributed by atoms with Crippen LogP contribution in [0, 0.1) is 5.92 Å². The Morgan fingerprint density at radius 1 is 1.13 bits per heavy atom. The molecule has 2 aromatic rings. The molecule has 3 nitrogen and oxygen atoms in total. The van der Waals surface area contributed by atoms with E-state index in [4.69, 9.17) is 0 Å². The molecule has 2 aliphatic rings. The molecule has 1 fully saturated rings. The highest BCUT2D eigenvalue weighted by Crippen LogP contribution is 2.41. The fraction of sp³-hybridized carbons (Fsp3) is 0.625. The lowest BCUT2D eigenvalue weighted by molar-refractivity contribution is -0.176. The Balaban J connectivity index is 1.75. The van der Waals surface area contributed by atoms with Gasteiger partial charge in [-0.3, -0.25) is 0 Å². The SMILES string of the molecule is FC(F)(F)[C@@H]1CCCN(c2ncnc3sc4c(c23)CCCC4)C1. The zero-order valence-electron chi connectivity index (χ0n) is 12.7. The third-order valence-corrected chi connectivity index (χ3v) is 6.11. The number of hydrogen-bond donors (Lipinski definition) is 0. The number of nitrogens with zero attached hydrogens (tertiary/aromatic N) is 3. The van der Waals surface area contributed by atoms with E-state index in [1.165, 1.54) is 23.2 Å². The molecule has 0 N–H and O–H groups in total. The lowest BCUT2D eigenvalue weighted by Crippen LogP contribution is -2.42. The van der Waals surface area contributed by atoms with E-state index in [9.17, 15) is 13.2 Å². The van der Waals surface area contributed by atoms with Crippen LogP contribution in [0.5, 0.6) is 0 Å². The van der Waals surface area contributed by atoms with Gasteiger partial charge in [0.15, 0.2) is 0 Å². The molecule has 3 heterocycles. The van der Waals surface area contributed by atoms with E-state index < -0.39 is 12.1 Å². The molecule has 1 aliphatic heterocycles. The molecular formula is C16H18F3N3S. The monoisotopic (exact) mass is 341 g/mol.